The second-order valence-electron chi connectivity index (χ2n) is 3.93. The number of pyridine rings is 1. The summed E-state index contributed by atoms with van der Waals surface area (Å²) in [6.45, 7) is 1.87. The summed E-state index contributed by atoms with van der Waals surface area (Å²) in [4.78, 5) is 16.1. The number of nitrogens with zero attached hydrogens (tertiary/aromatic N) is 1. The van der Waals surface area contributed by atoms with Crippen molar-refractivity contribution in [3.05, 3.63) is 56.2 Å². The Balaban J connectivity index is 2.30. The van der Waals surface area contributed by atoms with Gasteiger partial charge in [0, 0.05) is 15.7 Å². The monoisotopic (exact) mass is 358 g/mol. The minimum absolute atomic E-state index is 0.247. The highest BCUT2D eigenvalue weighted by atomic mass is 79.9. The Bertz CT molecular complexity index is 647. The van der Waals surface area contributed by atoms with Crippen LogP contribution in [-0.4, -0.2) is 10.9 Å². The zero-order valence-electron chi connectivity index (χ0n) is 9.88. The second kappa shape index (κ2) is 5.90. The van der Waals surface area contributed by atoms with Crippen molar-refractivity contribution in [2.75, 3.05) is 5.32 Å². The molecule has 2 aromatic rings. The molecule has 0 aliphatic carbocycles. The van der Waals surface area contributed by atoms with Gasteiger partial charge in [0.05, 0.1) is 11.3 Å². The van der Waals surface area contributed by atoms with Crippen LogP contribution in [0.3, 0.4) is 0 Å². The smallest absolute Gasteiger partial charge is 0.256 e. The topological polar surface area (TPSA) is 42.0 Å². The third-order valence-electron chi connectivity index (χ3n) is 2.40. The molecule has 0 atom stereocenters. The lowest BCUT2D eigenvalue weighted by Gasteiger charge is -2.09. The Labute approximate surface area is 129 Å². The van der Waals surface area contributed by atoms with Crippen LogP contribution in [0.4, 0.5) is 5.69 Å². The number of carbonyl (C=O) groups excluding carboxylic acids is 1. The van der Waals surface area contributed by atoms with Gasteiger partial charge in [-0.15, -0.1) is 0 Å². The SMILES string of the molecule is Cc1cnc(Cl)c(NC(=O)c2cc(Cl)ccc2Br)c1. The van der Waals surface area contributed by atoms with Crippen molar-refractivity contribution in [3.63, 3.8) is 0 Å². The molecule has 1 aromatic carbocycles. The fourth-order valence-electron chi connectivity index (χ4n) is 1.50. The van der Waals surface area contributed by atoms with E-state index in [1.165, 1.54) is 0 Å². The van der Waals surface area contributed by atoms with Gasteiger partial charge < -0.3 is 5.32 Å². The molecule has 0 fully saturated rings. The van der Waals surface area contributed by atoms with Gasteiger partial charge in [-0.05, 0) is 52.7 Å². The Morgan fingerprint density at radius 3 is 2.79 bits per heavy atom. The number of halogens is 3. The van der Waals surface area contributed by atoms with Gasteiger partial charge in [-0.25, -0.2) is 4.98 Å². The molecule has 19 heavy (non-hydrogen) atoms. The summed E-state index contributed by atoms with van der Waals surface area (Å²) in [5, 5.41) is 3.45. The van der Waals surface area contributed by atoms with Crippen LogP contribution >= 0.6 is 39.1 Å². The number of amides is 1. The van der Waals surface area contributed by atoms with E-state index in [0.717, 1.165) is 5.56 Å². The van der Waals surface area contributed by atoms with Crippen LogP contribution in [0.1, 0.15) is 15.9 Å². The van der Waals surface area contributed by atoms with Crippen molar-refractivity contribution in [1.29, 1.82) is 0 Å². The highest BCUT2D eigenvalue weighted by Crippen LogP contribution is 2.24. The highest BCUT2D eigenvalue weighted by Gasteiger charge is 2.13. The van der Waals surface area contributed by atoms with Gasteiger partial charge in [-0.1, -0.05) is 23.2 Å². The summed E-state index contributed by atoms with van der Waals surface area (Å²) in [5.41, 5.74) is 1.81. The van der Waals surface area contributed by atoms with E-state index in [9.17, 15) is 4.79 Å². The summed E-state index contributed by atoms with van der Waals surface area (Å²) in [7, 11) is 0. The molecule has 1 aromatic heterocycles. The van der Waals surface area contributed by atoms with E-state index < -0.39 is 0 Å². The van der Waals surface area contributed by atoms with Crippen molar-refractivity contribution >= 4 is 50.7 Å². The van der Waals surface area contributed by atoms with Gasteiger partial charge >= 0.3 is 0 Å². The zero-order chi connectivity index (χ0) is 14.0. The van der Waals surface area contributed by atoms with Crippen LogP contribution in [-0.2, 0) is 0 Å². The minimum Gasteiger partial charge on any atom is -0.319 e. The van der Waals surface area contributed by atoms with Gasteiger partial charge in [0.15, 0.2) is 5.15 Å². The summed E-state index contributed by atoms with van der Waals surface area (Å²) >= 11 is 15.1. The molecule has 3 nitrogen and oxygen atoms in total. The van der Waals surface area contributed by atoms with Crippen LogP contribution in [0.15, 0.2) is 34.9 Å². The van der Waals surface area contributed by atoms with Gasteiger partial charge in [-0.3, -0.25) is 4.79 Å². The molecule has 1 N–H and O–H groups in total. The molecule has 1 heterocycles. The molecule has 2 rings (SSSR count). The number of hydrogen-bond acceptors (Lipinski definition) is 2. The first-order chi connectivity index (χ1) is 8.97. The average molecular weight is 360 g/mol. The van der Waals surface area contributed by atoms with E-state index in [0.29, 0.717) is 20.7 Å². The number of rotatable bonds is 2. The highest BCUT2D eigenvalue weighted by molar-refractivity contribution is 9.10. The van der Waals surface area contributed by atoms with Crippen molar-refractivity contribution in [1.82, 2.24) is 4.98 Å². The molecule has 0 radical (unpaired) electrons. The predicted octanol–water partition coefficient (Wildman–Crippen LogP) is 4.71. The van der Waals surface area contributed by atoms with Gasteiger partial charge in [0.25, 0.3) is 5.91 Å². The van der Waals surface area contributed by atoms with Crippen molar-refractivity contribution < 1.29 is 4.79 Å². The van der Waals surface area contributed by atoms with E-state index in [1.807, 2.05) is 6.92 Å². The van der Waals surface area contributed by atoms with E-state index in [-0.39, 0.29) is 11.1 Å². The first-order valence-electron chi connectivity index (χ1n) is 5.36. The van der Waals surface area contributed by atoms with E-state index in [4.69, 9.17) is 23.2 Å². The number of aromatic nitrogens is 1. The molecule has 0 bridgehead atoms. The van der Waals surface area contributed by atoms with Crippen molar-refractivity contribution in [2.45, 2.75) is 6.92 Å². The number of benzene rings is 1. The number of hydrogen-bond donors (Lipinski definition) is 1. The molecule has 0 saturated carbocycles. The zero-order valence-corrected chi connectivity index (χ0v) is 13.0. The first-order valence-corrected chi connectivity index (χ1v) is 6.91. The lowest BCUT2D eigenvalue weighted by molar-refractivity contribution is 0.102. The molecule has 98 valence electrons. The summed E-state index contributed by atoms with van der Waals surface area (Å²) in [6, 6.07) is 6.75. The third-order valence-corrected chi connectivity index (χ3v) is 3.62. The molecule has 6 heteroatoms. The van der Waals surface area contributed by atoms with Crippen LogP contribution in [0, 0.1) is 6.92 Å². The predicted molar refractivity (Wildman–Crippen MR) is 81.1 cm³/mol. The number of nitrogens with one attached hydrogen (secondary N) is 1. The van der Waals surface area contributed by atoms with E-state index in [1.54, 1.807) is 30.5 Å². The standard InChI is InChI=1S/C13H9BrCl2N2O/c1-7-4-11(12(16)17-6-7)18-13(19)9-5-8(15)2-3-10(9)14/h2-6H,1H3,(H,18,19). The number of anilines is 1. The number of aryl methyl sites for hydroxylation is 1. The molecule has 0 aliphatic heterocycles. The van der Waals surface area contributed by atoms with Gasteiger partial charge in [0.1, 0.15) is 0 Å². The van der Waals surface area contributed by atoms with Gasteiger partial charge in [-0.2, -0.15) is 0 Å². The second-order valence-corrected chi connectivity index (χ2v) is 5.58. The molecule has 0 saturated heterocycles. The Hall–Kier alpha value is -1.10. The molecule has 0 aliphatic rings. The fourth-order valence-corrected chi connectivity index (χ4v) is 2.25. The van der Waals surface area contributed by atoms with Crippen LogP contribution in [0.2, 0.25) is 10.2 Å². The van der Waals surface area contributed by atoms with E-state index in [2.05, 4.69) is 26.2 Å². The Morgan fingerprint density at radius 2 is 2.05 bits per heavy atom. The first kappa shape index (κ1) is 14.3. The largest absolute Gasteiger partial charge is 0.319 e. The molecule has 0 unspecified atom stereocenters. The van der Waals surface area contributed by atoms with E-state index >= 15 is 0 Å². The maximum Gasteiger partial charge on any atom is 0.256 e. The van der Waals surface area contributed by atoms with Gasteiger partial charge in [0.2, 0.25) is 0 Å². The summed E-state index contributed by atoms with van der Waals surface area (Å²) < 4.78 is 0.658. The normalized spacial score (nSPS) is 10.3. The minimum atomic E-state index is -0.302. The fraction of sp³-hybridized carbons (Fsp3) is 0.0769. The Morgan fingerprint density at radius 1 is 1.32 bits per heavy atom. The third kappa shape index (κ3) is 3.47. The Kier molecular flexibility index (Phi) is 4.45. The van der Waals surface area contributed by atoms with Crippen LogP contribution in [0.5, 0.6) is 0 Å². The quantitative estimate of drug-likeness (QED) is 0.789. The molecular weight excluding hydrogens is 351 g/mol. The number of carbonyl (C=O) groups is 1. The van der Waals surface area contributed by atoms with Crippen LogP contribution < -0.4 is 5.32 Å². The average Bonchev–Trinajstić information content (AvgIpc) is 2.36. The lowest BCUT2D eigenvalue weighted by atomic mass is 10.2. The molecule has 0 spiro atoms. The maximum absolute atomic E-state index is 12.2. The van der Waals surface area contributed by atoms with Crippen LogP contribution in [0.25, 0.3) is 0 Å². The van der Waals surface area contributed by atoms with Crippen molar-refractivity contribution in [3.8, 4) is 0 Å². The summed E-state index contributed by atoms with van der Waals surface area (Å²) in [6.07, 6.45) is 1.63. The maximum atomic E-state index is 12.2. The summed E-state index contributed by atoms with van der Waals surface area (Å²) in [5.74, 6) is -0.302. The molecule has 1 amide bonds. The van der Waals surface area contributed by atoms with Crippen molar-refractivity contribution in [2.24, 2.45) is 0 Å². The molecular formula is C13H9BrCl2N2O. The lowest BCUT2D eigenvalue weighted by Crippen LogP contribution is -2.13.